The minimum absolute atomic E-state index is 0.165. The van der Waals surface area contributed by atoms with Crippen LogP contribution in [0.1, 0.15) is 18.4 Å². The van der Waals surface area contributed by atoms with Crippen molar-refractivity contribution >= 4 is 10.0 Å². The standard InChI is InChI=1S/C12H23N3O3S/c1-9(8-15(4)5)14-19(16,17)12-6-11(7-13-3)18-10(12)2/h6,9,13-14H,7-8H2,1-5H3. The maximum atomic E-state index is 12.3. The first-order valence-corrected chi connectivity index (χ1v) is 7.65. The van der Waals surface area contributed by atoms with Gasteiger partial charge in [0.15, 0.2) is 0 Å². The van der Waals surface area contributed by atoms with E-state index in [-0.39, 0.29) is 10.9 Å². The smallest absolute Gasteiger partial charge is 0.244 e. The fourth-order valence-corrected chi connectivity index (χ4v) is 3.40. The lowest BCUT2D eigenvalue weighted by molar-refractivity contribution is 0.370. The van der Waals surface area contributed by atoms with Crippen LogP contribution < -0.4 is 10.0 Å². The van der Waals surface area contributed by atoms with Crippen LogP contribution in [0.25, 0.3) is 0 Å². The molecule has 7 heteroatoms. The molecule has 0 aliphatic rings. The average Bonchev–Trinajstić information content (AvgIpc) is 2.58. The summed E-state index contributed by atoms with van der Waals surface area (Å²) in [6.45, 7) is 4.63. The predicted octanol–water partition coefficient (Wildman–Crippen LogP) is 0.536. The summed E-state index contributed by atoms with van der Waals surface area (Å²) in [5.41, 5.74) is 0. The van der Waals surface area contributed by atoms with Crippen molar-refractivity contribution in [1.29, 1.82) is 0 Å². The van der Waals surface area contributed by atoms with Crippen molar-refractivity contribution in [3.8, 4) is 0 Å². The van der Waals surface area contributed by atoms with Crippen molar-refractivity contribution in [3.63, 3.8) is 0 Å². The molecule has 1 heterocycles. The number of hydrogen-bond acceptors (Lipinski definition) is 5. The molecule has 110 valence electrons. The van der Waals surface area contributed by atoms with Gasteiger partial charge in [0, 0.05) is 18.7 Å². The first kappa shape index (κ1) is 16.2. The molecule has 19 heavy (non-hydrogen) atoms. The molecule has 1 rings (SSSR count). The van der Waals surface area contributed by atoms with E-state index in [4.69, 9.17) is 4.42 Å². The fourth-order valence-electron chi connectivity index (χ4n) is 1.97. The van der Waals surface area contributed by atoms with Crippen molar-refractivity contribution in [3.05, 3.63) is 17.6 Å². The van der Waals surface area contributed by atoms with E-state index in [0.717, 1.165) is 0 Å². The normalized spacial score (nSPS) is 14.0. The molecular formula is C12H23N3O3S. The van der Waals surface area contributed by atoms with Crippen LogP contribution in [-0.4, -0.2) is 47.0 Å². The Morgan fingerprint density at radius 3 is 2.58 bits per heavy atom. The summed E-state index contributed by atoms with van der Waals surface area (Å²) in [6.07, 6.45) is 0. The van der Waals surface area contributed by atoms with Gasteiger partial charge in [-0.3, -0.25) is 0 Å². The topological polar surface area (TPSA) is 74.6 Å². The lowest BCUT2D eigenvalue weighted by Crippen LogP contribution is -2.39. The number of hydrogen-bond donors (Lipinski definition) is 2. The number of nitrogens with zero attached hydrogens (tertiary/aromatic N) is 1. The zero-order valence-electron chi connectivity index (χ0n) is 12.1. The second kappa shape index (κ2) is 6.51. The number of aryl methyl sites for hydroxylation is 1. The van der Waals surface area contributed by atoms with Gasteiger partial charge in [0.2, 0.25) is 10.0 Å². The molecule has 1 aromatic rings. The van der Waals surface area contributed by atoms with Crippen molar-refractivity contribution in [2.24, 2.45) is 0 Å². The van der Waals surface area contributed by atoms with Crippen LogP contribution in [0.15, 0.2) is 15.4 Å². The quantitative estimate of drug-likeness (QED) is 0.766. The number of nitrogens with one attached hydrogen (secondary N) is 2. The van der Waals surface area contributed by atoms with E-state index < -0.39 is 10.0 Å². The van der Waals surface area contributed by atoms with Crippen molar-refractivity contribution in [1.82, 2.24) is 14.9 Å². The Morgan fingerprint density at radius 1 is 1.42 bits per heavy atom. The van der Waals surface area contributed by atoms with Crippen LogP contribution in [-0.2, 0) is 16.6 Å². The second-order valence-electron chi connectivity index (χ2n) is 4.95. The molecule has 1 aromatic heterocycles. The average molecular weight is 289 g/mol. The Labute approximate surface area is 115 Å². The van der Waals surface area contributed by atoms with Gasteiger partial charge in [-0.25, -0.2) is 13.1 Å². The van der Waals surface area contributed by atoms with E-state index in [1.807, 2.05) is 25.9 Å². The van der Waals surface area contributed by atoms with E-state index in [1.54, 1.807) is 20.0 Å². The number of likely N-dealkylation sites (N-methyl/N-ethyl adjacent to an activating group) is 1. The lowest BCUT2D eigenvalue weighted by atomic mass is 10.3. The van der Waals surface area contributed by atoms with Gasteiger partial charge in [-0.1, -0.05) is 0 Å². The molecule has 0 aromatic carbocycles. The highest BCUT2D eigenvalue weighted by Crippen LogP contribution is 2.20. The third kappa shape index (κ3) is 4.61. The first-order chi connectivity index (χ1) is 8.76. The van der Waals surface area contributed by atoms with Gasteiger partial charge in [-0.2, -0.15) is 0 Å². The summed E-state index contributed by atoms with van der Waals surface area (Å²) in [7, 11) is 2.05. The fraction of sp³-hybridized carbons (Fsp3) is 0.667. The Bertz CT molecular complexity index is 508. The molecule has 0 bridgehead atoms. The van der Waals surface area contributed by atoms with E-state index in [0.29, 0.717) is 24.6 Å². The number of furan rings is 1. The third-order valence-electron chi connectivity index (χ3n) is 2.56. The Balaban J connectivity index is 2.88. The Morgan fingerprint density at radius 2 is 2.05 bits per heavy atom. The van der Waals surface area contributed by atoms with Gasteiger partial charge in [0.05, 0.1) is 6.54 Å². The number of rotatable bonds is 7. The van der Waals surface area contributed by atoms with Crippen molar-refractivity contribution in [2.45, 2.75) is 31.3 Å². The molecule has 0 saturated heterocycles. The molecule has 1 unspecified atom stereocenters. The minimum atomic E-state index is -3.53. The molecule has 0 aliphatic carbocycles. The third-order valence-corrected chi connectivity index (χ3v) is 4.26. The second-order valence-corrected chi connectivity index (χ2v) is 6.63. The molecule has 1 atom stereocenters. The first-order valence-electron chi connectivity index (χ1n) is 6.17. The highest BCUT2D eigenvalue weighted by molar-refractivity contribution is 7.89. The van der Waals surface area contributed by atoms with Gasteiger partial charge in [-0.15, -0.1) is 0 Å². The van der Waals surface area contributed by atoms with E-state index >= 15 is 0 Å². The highest BCUT2D eigenvalue weighted by Gasteiger charge is 2.23. The molecule has 0 aliphatic heterocycles. The number of sulfonamides is 1. The van der Waals surface area contributed by atoms with Crippen LogP contribution >= 0.6 is 0 Å². The summed E-state index contributed by atoms with van der Waals surface area (Å²) < 4.78 is 32.6. The maximum Gasteiger partial charge on any atom is 0.244 e. The Kier molecular flexibility index (Phi) is 5.54. The van der Waals surface area contributed by atoms with Gasteiger partial charge in [0.1, 0.15) is 16.4 Å². The van der Waals surface area contributed by atoms with E-state index in [1.165, 1.54) is 0 Å². The SMILES string of the molecule is CNCc1cc(S(=O)(=O)NC(C)CN(C)C)c(C)o1. The minimum Gasteiger partial charge on any atom is -0.464 e. The van der Waals surface area contributed by atoms with Gasteiger partial charge < -0.3 is 14.6 Å². The van der Waals surface area contributed by atoms with Crippen LogP contribution in [0.3, 0.4) is 0 Å². The molecule has 0 saturated carbocycles. The molecule has 0 amide bonds. The molecule has 0 radical (unpaired) electrons. The summed E-state index contributed by atoms with van der Waals surface area (Å²) in [5, 5.41) is 2.93. The zero-order valence-corrected chi connectivity index (χ0v) is 13.0. The van der Waals surface area contributed by atoms with Crippen LogP contribution in [0.2, 0.25) is 0 Å². The van der Waals surface area contributed by atoms with Gasteiger partial charge in [-0.05, 0) is 35.0 Å². The highest BCUT2D eigenvalue weighted by atomic mass is 32.2. The largest absolute Gasteiger partial charge is 0.464 e. The molecule has 2 N–H and O–H groups in total. The van der Waals surface area contributed by atoms with Gasteiger partial charge in [0.25, 0.3) is 0 Å². The van der Waals surface area contributed by atoms with Crippen LogP contribution in [0.4, 0.5) is 0 Å². The summed E-state index contributed by atoms with van der Waals surface area (Å²) in [5.74, 6) is 1.02. The zero-order chi connectivity index (χ0) is 14.6. The molecular weight excluding hydrogens is 266 g/mol. The van der Waals surface area contributed by atoms with Crippen LogP contribution in [0, 0.1) is 6.92 Å². The van der Waals surface area contributed by atoms with E-state index in [9.17, 15) is 8.42 Å². The predicted molar refractivity (Wildman–Crippen MR) is 74.5 cm³/mol. The molecule has 0 spiro atoms. The van der Waals surface area contributed by atoms with Crippen molar-refractivity contribution < 1.29 is 12.8 Å². The Hall–Kier alpha value is -0.890. The van der Waals surface area contributed by atoms with E-state index in [2.05, 4.69) is 10.0 Å². The molecule has 6 nitrogen and oxygen atoms in total. The summed E-state index contributed by atoms with van der Waals surface area (Å²) in [4.78, 5) is 2.14. The lowest BCUT2D eigenvalue weighted by Gasteiger charge is -2.17. The van der Waals surface area contributed by atoms with Crippen LogP contribution in [0.5, 0.6) is 0 Å². The summed E-state index contributed by atoms with van der Waals surface area (Å²) >= 11 is 0. The van der Waals surface area contributed by atoms with Crippen molar-refractivity contribution in [2.75, 3.05) is 27.7 Å². The summed E-state index contributed by atoms with van der Waals surface area (Å²) in [6, 6.07) is 1.40. The monoisotopic (exact) mass is 289 g/mol. The van der Waals surface area contributed by atoms with Gasteiger partial charge >= 0.3 is 0 Å². The maximum absolute atomic E-state index is 12.3. The molecule has 0 fully saturated rings.